The Balaban J connectivity index is 2.31. The molecular weight excluding hydrogens is 417 g/mol. The Morgan fingerprint density at radius 2 is 2.24 bits per heavy atom. The van der Waals surface area contributed by atoms with Gasteiger partial charge in [0.25, 0.3) is 12.3 Å². The largest absolute Gasteiger partial charge is 0.299 e. The summed E-state index contributed by atoms with van der Waals surface area (Å²) in [5, 5.41) is 11.3. The molecule has 0 atom stereocenters. The van der Waals surface area contributed by atoms with Gasteiger partial charge in [-0.25, -0.2) is 13.5 Å². The molecule has 0 aromatic carbocycles. The molecule has 0 radical (unpaired) electrons. The summed E-state index contributed by atoms with van der Waals surface area (Å²) < 4.78 is 28.8. The molecule has 21 heavy (non-hydrogen) atoms. The van der Waals surface area contributed by atoms with Crippen molar-refractivity contribution in [2.24, 2.45) is 7.05 Å². The number of carbonyl (C=O) groups excluding carboxylic acids is 1. The zero-order valence-electron chi connectivity index (χ0n) is 11.0. The standard InChI is InChI=1S/C10H11F2IN6OS/c1-3-21-10-15-14-8(7(11)12)19(10)17-9(20)6-5(13)4-18(2)16-6/h4,7H,3H2,1-2H3,(H,17,20). The van der Waals surface area contributed by atoms with Gasteiger partial charge in [0.05, 0.1) is 3.57 Å². The lowest BCUT2D eigenvalue weighted by Crippen LogP contribution is -2.26. The summed E-state index contributed by atoms with van der Waals surface area (Å²) in [6, 6.07) is 0. The van der Waals surface area contributed by atoms with Gasteiger partial charge in [0.1, 0.15) is 0 Å². The molecule has 0 fully saturated rings. The van der Waals surface area contributed by atoms with Crippen LogP contribution in [0.1, 0.15) is 29.7 Å². The van der Waals surface area contributed by atoms with Gasteiger partial charge in [0.2, 0.25) is 11.0 Å². The van der Waals surface area contributed by atoms with Crippen LogP contribution in [0.3, 0.4) is 0 Å². The second kappa shape index (κ2) is 6.68. The number of carbonyl (C=O) groups is 1. The van der Waals surface area contributed by atoms with Crippen LogP contribution in [0.2, 0.25) is 0 Å². The van der Waals surface area contributed by atoms with Crippen LogP contribution >= 0.6 is 34.4 Å². The summed E-state index contributed by atoms with van der Waals surface area (Å²) in [5.74, 6) is -0.594. The Hall–Kier alpha value is -1.24. The van der Waals surface area contributed by atoms with E-state index in [1.807, 2.05) is 29.5 Å². The van der Waals surface area contributed by atoms with Crippen molar-refractivity contribution in [2.75, 3.05) is 11.2 Å². The highest BCUT2D eigenvalue weighted by molar-refractivity contribution is 14.1. The molecule has 1 amide bonds. The number of alkyl halides is 2. The molecule has 2 aromatic heterocycles. The van der Waals surface area contributed by atoms with Crippen LogP contribution in [0.15, 0.2) is 11.4 Å². The predicted octanol–water partition coefficient (Wildman–Crippen LogP) is 2.05. The Morgan fingerprint density at radius 3 is 2.76 bits per heavy atom. The third-order valence-corrected chi connectivity index (χ3v) is 3.94. The fourth-order valence-corrected chi connectivity index (χ4v) is 2.90. The van der Waals surface area contributed by atoms with Crippen LogP contribution in [-0.2, 0) is 7.05 Å². The molecule has 0 bridgehead atoms. The zero-order chi connectivity index (χ0) is 15.6. The summed E-state index contributed by atoms with van der Waals surface area (Å²) in [7, 11) is 1.67. The minimum Gasteiger partial charge on any atom is -0.274 e. The number of hydrogen-bond donors (Lipinski definition) is 1. The number of amides is 1. The van der Waals surface area contributed by atoms with Crippen molar-refractivity contribution < 1.29 is 13.6 Å². The first-order chi connectivity index (χ1) is 9.93. The van der Waals surface area contributed by atoms with E-state index in [4.69, 9.17) is 0 Å². The maximum absolute atomic E-state index is 12.9. The summed E-state index contributed by atoms with van der Waals surface area (Å²) in [6.07, 6.45) is -1.19. The van der Waals surface area contributed by atoms with Crippen LogP contribution in [0.25, 0.3) is 0 Å². The number of rotatable bonds is 5. The van der Waals surface area contributed by atoms with Crippen LogP contribution < -0.4 is 5.43 Å². The molecule has 0 aliphatic carbocycles. The van der Waals surface area contributed by atoms with Crippen molar-refractivity contribution in [3.05, 3.63) is 21.3 Å². The molecule has 0 spiro atoms. The summed E-state index contributed by atoms with van der Waals surface area (Å²) in [6.45, 7) is 1.84. The quantitative estimate of drug-likeness (QED) is 0.583. The van der Waals surface area contributed by atoms with Crippen LogP contribution in [0, 0.1) is 3.57 Å². The normalized spacial score (nSPS) is 11.1. The van der Waals surface area contributed by atoms with Crippen molar-refractivity contribution in [1.29, 1.82) is 0 Å². The van der Waals surface area contributed by atoms with Gasteiger partial charge < -0.3 is 0 Å². The SMILES string of the molecule is CCSc1nnc(C(F)F)n1NC(=O)c1nn(C)cc1I. The fourth-order valence-electron chi connectivity index (χ4n) is 1.52. The predicted molar refractivity (Wildman–Crippen MR) is 81.0 cm³/mol. The summed E-state index contributed by atoms with van der Waals surface area (Å²) in [4.78, 5) is 12.2. The zero-order valence-corrected chi connectivity index (χ0v) is 14.0. The van der Waals surface area contributed by atoms with Gasteiger partial charge in [-0.15, -0.1) is 10.2 Å². The number of halogens is 3. The molecule has 7 nitrogen and oxygen atoms in total. The van der Waals surface area contributed by atoms with E-state index in [0.717, 1.165) is 4.68 Å². The Kier molecular flexibility index (Phi) is 5.13. The minimum atomic E-state index is -2.84. The van der Waals surface area contributed by atoms with Crippen LogP contribution in [-0.4, -0.2) is 36.3 Å². The third-order valence-electron chi connectivity index (χ3n) is 2.34. The smallest absolute Gasteiger partial charge is 0.274 e. The molecule has 2 rings (SSSR count). The van der Waals surface area contributed by atoms with Gasteiger partial charge in [-0.2, -0.15) is 5.10 Å². The number of nitrogens with zero attached hydrogens (tertiary/aromatic N) is 5. The van der Waals surface area contributed by atoms with E-state index in [1.165, 1.54) is 16.4 Å². The Labute approximate surface area is 136 Å². The number of hydrogen-bond acceptors (Lipinski definition) is 5. The highest BCUT2D eigenvalue weighted by Gasteiger charge is 2.23. The second-order valence-corrected chi connectivity index (χ2v) is 6.24. The first kappa shape index (κ1) is 16.1. The average molecular weight is 428 g/mol. The Bertz CT molecular complexity index is 658. The van der Waals surface area contributed by atoms with E-state index < -0.39 is 18.2 Å². The minimum absolute atomic E-state index is 0.152. The molecule has 2 aromatic rings. The van der Waals surface area contributed by atoms with Gasteiger partial charge in [0.15, 0.2) is 5.69 Å². The van der Waals surface area contributed by atoms with Gasteiger partial charge in [-0.1, -0.05) is 18.7 Å². The van der Waals surface area contributed by atoms with Crippen LogP contribution in [0.4, 0.5) is 8.78 Å². The molecule has 114 valence electrons. The summed E-state index contributed by atoms with van der Waals surface area (Å²) >= 11 is 3.15. The number of thioether (sulfide) groups is 1. The Morgan fingerprint density at radius 1 is 1.52 bits per heavy atom. The van der Waals surface area contributed by atoms with Crippen molar-refractivity contribution in [1.82, 2.24) is 24.7 Å². The molecular formula is C10H11F2IN6OS. The van der Waals surface area contributed by atoms with E-state index in [1.54, 1.807) is 13.2 Å². The van der Waals surface area contributed by atoms with Gasteiger partial charge in [-0.05, 0) is 28.3 Å². The van der Waals surface area contributed by atoms with Crippen molar-refractivity contribution in [3.63, 3.8) is 0 Å². The highest BCUT2D eigenvalue weighted by Crippen LogP contribution is 2.22. The van der Waals surface area contributed by atoms with E-state index in [9.17, 15) is 13.6 Å². The van der Waals surface area contributed by atoms with Crippen molar-refractivity contribution in [3.8, 4) is 0 Å². The van der Waals surface area contributed by atoms with Gasteiger partial charge in [-0.3, -0.25) is 14.9 Å². The molecule has 0 aliphatic heterocycles. The van der Waals surface area contributed by atoms with E-state index in [2.05, 4.69) is 20.7 Å². The monoisotopic (exact) mass is 428 g/mol. The van der Waals surface area contributed by atoms with Crippen LogP contribution in [0.5, 0.6) is 0 Å². The second-order valence-electron chi connectivity index (χ2n) is 3.85. The molecule has 11 heteroatoms. The van der Waals surface area contributed by atoms with Gasteiger partial charge >= 0.3 is 0 Å². The van der Waals surface area contributed by atoms with E-state index in [0.29, 0.717) is 9.32 Å². The van der Waals surface area contributed by atoms with E-state index in [-0.39, 0.29) is 10.9 Å². The maximum Gasteiger partial charge on any atom is 0.299 e. The third kappa shape index (κ3) is 3.51. The summed E-state index contributed by atoms with van der Waals surface area (Å²) in [5.41, 5.74) is 2.52. The average Bonchev–Trinajstić information content (AvgIpc) is 2.94. The molecule has 1 N–H and O–H groups in total. The molecule has 0 aliphatic rings. The van der Waals surface area contributed by atoms with Gasteiger partial charge in [0, 0.05) is 13.2 Å². The molecule has 0 saturated heterocycles. The maximum atomic E-state index is 12.9. The molecule has 0 unspecified atom stereocenters. The topological polar surface area (TPSA) is 77.6 Å². The fraction of sp³-hybridized carbons (Fsp3) is 0.400. The molecule has 0 saturated carbocycles. The lowest BCUT2D eigenvalue weighted by atomic mass is 10.4. The lowest BCUT2D eigenvalue weighted by Gasteiger charge is -2.09. The van der Waals surface area contributed by atoms with Crippen molar-refractivity contribution >= 4 is 40.3 Å². The first-order valence-corrected chi connectivity index (χ1v) is 7.87. The van der Waals surface area contributed by atoms with E-state index >= 15 is 0 Å². The van der Waals surface area contributed by atoms with Crippen molar-refractivity contribution in [2.45, 2.75) is 18.5 Å². The number of aryl methyl sites for hydroxylation is 1. The lowest BCUT2D eigenvalue weighted by molar-refractivity contribution is 0.0990. The molecule has 2 heterocycles. The first-order valence-electron chi connectivity index (χ1n) is 5.80. The number of aromatic nitrogens is 5. The highest BCUT2D eigenvalue weighted by atomic mass is 127. The number of nitrogens with one attached hydrogen (secondary N) is 1.